The molecule has 2 amide bonds. The van der Waals surface area contributed by atoms with E-state index in [1.54, 1.807) is 18.2 Å². The SMILES string of the molecule is CN(C(=O)c1cccs1)[C@H](Cc1ccccc1)C1CCN(C(=O)c2ccc3c(c2)no[n+]3[O-])CC1. The number of carbonyl (C=O) groups is 2. The molecule has 0 spiro atoms. The Hall–Kier alpha value is -3.72. The summed E-state index contributed by atoms with van der Waals surface area (Å²) in [5.74, 6) is 0.218. The van der Waals surface area contributed by atoms with Crippen LogP contribution in [0.5, 0.6) is 0 Å². The molecule has 2 aromatic heterocycles. The Bertz CT molecular complexity index is 1310. The van der Waals surface area contributed by atoms with Gasteiger partial charge in [0.25, 0.3) is 11.8 Å². The molecule has 180 valence electrons. The van der Waals surface area contributed by atoms with Crippen LogP contribution in [0.2, 0.25) is 0 Å². The van der Waals surface area contributed by atoms with Crippen LogP contribution >= 0.6 is 11.3 Å². The molecule has 1 aliphatic rings. The summed E-state index contributed by atoms with van der Waals surface area (Å²) >= 11 is 1.46. The maximum Gasteiger partial charge on any atom is 0.263 e. The highest BCUT2D eigenvalue weighted by Crippen LogP contribution is 2.29. The Morgan fingerprint density at radius 1 is 1.17 bits per heavy atom. The number of amides is 2. The van der Waals surface area contributed by atoms with Gasteiger partial charge in [-0.3, -0.25) is 14.2 Å². The molecular formula is C26H26N4O4S. The van der Waals surface area contributed by atoms with Crippen LogP contribution in [-0.2, 0) is 6.42 Å². The summed E-state index contributed by atoms with van der Waals surface area (Å²) in [5, 5.41) is 17.2. The van der Waals surface area contributed by atoms with Crippen LogP contribution in [0, 0.1) is 11.1 Å². The van der Waals surface area contributed by atoms with Crippen LogP contribution in [0.25, 0.3) is 11.0 Å². The number of piperidine rings is 1. The van der Waals surface area contributed by atoms with Crippen LogP contribution in [0.3, 0.4) is 0 Å². The minimum atomic E-state index is -0.0894. The van der Waals surface area contributed by atoms with Crippen molar-refractivity contribution in [1.29, 1.82) is 0 Å². The summed E-state index contributed by atoms with van der Waals surface area (Å²) in [6, 6.07) is 18.8. The van der Waals surface area contributed by atoms with Gasteiger partial charge >= 0.3 is 0 Å². The summed E-state index contributed by atoms with van der Waals surface area (Å²) in [6.07, 6.45) is 2.38. The quantitative estimate of drug-likeness (QED) is 0.384. The molecule has 0 N–H and O–H groups in total. The second-order valence-corrected chi connectivity index (χ2v) is 9.86. The van der Waals surface area contributed by atoms with E-state index in [4.69, 9.17) is 0 Å². The van der Waals surface area contributed by atoms with E-state index < -0.39 is 0 Å². The Balaban J connectivity index is 1.30. The highest BCUT2D eigenvalue weighted by Gasteiger charge is 2.33. The first-order valence-corrected chi connectivity index (χ1v) is 12.5. The van der Waals surface area contributed by atoms with Crippen LogP contribution < -0.4 is 4.90 Å². The van der Waals surface area contributed by atoms with Crippen molar-refractivity contribution in [3.05, 3.63) is 87.3 Å². The van der Waals surface area contributed by atoms with Gasteiger partial charge in [0, 0.05) is 43.0 Å². The monoisotopic (exact) mass is 490 g/mol. The Labute approximate surface area is 206 Å². The number of benzene rings is 2. The summed E-state index contributed by atoms with van der Waals surface area (Å²) < 4.78 is 4.61. The summed E-state index contributed by atoms with van der Waals surface area (Å²) in [6.45, 7) is 1.21. The lowest BCUT2D eigenvalue weighted by atomic mass is 9.84. The molecule has 0 bridgehead atoms. The third-order valence-corrected chi connectivity index (χ3v) is 7.70. The van der Waals surface area contributed by atoms with Crippen molar-refractivity contribution in [1.82, 2.24) is 15.0 Å². The molecule has 9 heteroatoms. The van der Waals surface area contributed by atoms with E-state index in [2.05, 4.69) is 21.9 Å². The average molecular weight is 491 g/mol. The number of carbonyl (C=O) groups excluding carboxylic acids is 2. The van der Waals surface area contributed by atoms with Gasteiger partial charge in [-0.1, -0.05) is 36.4 Å². The zero-order valence-corrected chi connectivity index (χ0v) is 20.2. The molecule has 35 heavy (non-hydrogen) atoms. The molecule has 3 heterocycles. The molecular weight excluding hydrogens is 464 g/mol. The molecule has 1 saturated heterocycles. The Kier molecular flexibility index (Phi) is 6.50. The number of thiophene rings is 1. The van der Waals surface area contributed by atoms with Crippen molar-refractivity contribution < 1.29 is 19.1 Å². The number of rotatable bonds is 6. The van der Waals surface area contributed by atoms with Crippen molar-refractivity contribution in [2.45, 2.75) is 25.3 Å². The number of likely N-dealkylation sites (N-methyl/N-ethyl adjacent to an activating group) is 1. The van der Waals surface area contributed by atoms with Crippen molar-refractivity contribution in [3.8, 4) is 0 Å². The van der Waals surface area contributed by atoms with E-state index in [1.807, 2.05) is 52.6 Å². The first-order valence-electron chi connectivity index (χ1n) is 11.6. The van der Waals surface area contributed by atoms with Crippen LogP contribution in [0.1, 0.15) is 38.4 Å². The zero-order chi connectivity index (χ0) is 24.4. The average Bonchev–Trinajstić information content (AvgIpc) is 3.57. The number of fused-ring (bicyclic) bond motifs is 1. The molecule has 0 radical (unpaired) electrons. The van der Waals surface area contributed by atoms with Crippen molar-refractivity contribution in [2.75, 3.05) is 20.1 Å². The number of hydrogen-bond acceptors (Lipinski definition) is 6. The molecule has 5 rings (SSSR count). The summed E-state index contributed by atoms with van der Waals surface area (Å²) in [5.41, 5.74) is 2.33. The van der Waals surface area contributed by atoms with Gasteiger partial charge in [0.2, 0.25) is 11.0 Å². The van der Waals surface area contributed by atoms with Crippen LogP contribution in [0.15, 0.2) is 70.7 Å². The van der Waals surface area contributed by atoms with Gasteiger partial charge in [-0.2, -0.15) is 0 Å². The van der Waals surface area contributed by atoms with Gasteiger partial charge in [0.05, 0.1) is 4.88 Å². The largest absolute Gasteiger partial charge is 0.359 e. The van der Waals surface area contributed by atoms with E-state index in [9.17, 15) is 14.8 Å². The molecule has 8 nitrogen and oxygen atoms in total. The highest BCUT2D eigenvalue weighted by atomic mass is 32.1. The molecule has 1 atom stereocenters. The number of likely N-dealkylation sites (tertiary alicyclic amines) is 1. The van der Waals surface area contributed by atoms with Crippen LogP contribution in [0.4, 0.5) is 0 Å². The van der Waals surface area contributed by atoms with Gasteiger partial charge in [-0.25, -0.2) is 0 Å². The fraction of sp³-hybridized carbons (Fsp3) is 0.308. The number of nitrogens with zero attached hydrogens (tertiary/aromatic N) is 4. The second kappa shape index (κ2) is 9.87. The Morgan fingerprint density at radius 3 is 2.66 bits per heavy atom. The fourth-order valence-electron chi connectivity index (χ4n) is 4.88. The molecule has 4 aromatic rings. The van der Waals surface area contributed by atoms with E-state index >= 15 is 0 Å². The number of aromatic nitrogens is 2. The standard InChI is InChI=1S/C26H26N4O4S/c1-28(26(32)24-8-5-15-35-24)23(16-18-6-3-2-4-7-18)19-11-13-29(14-12-19)25(31)20-9-10-22-21(17-20)27-34-30(22)33/h2-10,15,17,19,23H,11-14,16H2,1H3/t23-/m1/s1. The van der Waals surface area contributed by atoms with E-state index in [0.29, 0.717) is 34.6 Å². The molecule has 0 saturated carbocycles. The summed E-state index contributed by atoms with van der Waals surface area (Å²) in [4.78, 5) is 31.1. The third-order valence-electron chi connectivity index (χ3n) is 6.84. The topological polar surface area (TPSA) is 93.6 Å². The molecule has 2 aromatic carbocycles. The molecule has 0 aliphatic carbocycles. The third kappa shape index (κ3) is 4.77. The predicted octanol–water partition coefficient (Wildman–Crippen LogP) is 3.76. The molecule has 1 aliphatic heterocycles. The van der Waals surface area contributed by atoms with Gasteiger partial charge in [-0.05, 0) is 59.2 Å². The molecule has 1 fully saturated rings. The van der Waals surface area contributed by atoms with Gasteiger partial charge in [-0.15, -0.1) is 11.3 Å². The van der Waals surface area contributed by atoms with E-state index in [-0.39, 0.29) is 23.8 Å². The minimum Gasteiger partial charge on any atom is -0.359 e. The normalized spacial score (nSPS) is 15.3. The summed E-state index contributed by atoms with van der Waals surface area (Å²) in [7, 11) is 1.89. The molecule has 0 unspecified atom stereocenters. The highest BCUT2D eigenvalue weighted by molar-refractivity contribution is 7.12. The predicted molar refractivity (Wildman–Crippen MR) is 132 cm³/mol. The first kappa shape index (κ1) is 23.0. The first-order chi connectivity index (χ1) is 17.0. The fourth-order valence-corrected chi connectivity index (χ4v) is 5.58. The lowest BCUT2D eigenvalue weighted by Crippen LogP contribution is -2.48. The van der Waals surface area contributed by atoms with Gasteiger partial charge in [0.1, 0.15) is 0 Å². The van der Waals surface area contributed by atoms with E-state index in [1.165, 1.54) is 16.9 Å². The smallest absolute Gasteiger partial charge is 0.263 e. The lowest BCUT2D eigenvalue weighted by molar-refractivity contribution is -0.782. The van der Waals surface area contributed by atoms with E-state index in [0.717, 1.165) is 24.1 Å². The zero-order valence-electron chi connectivity index (χ0n) is 19.4. The lowest BCUT2D eigenvalue weighted by Gasteiger charge is -2.40. The van der Waals surface area contributed by atoms with Crippen molar-refractivity contribution in [3.63, 3.8) is 0 Å². The number of hydrogen-bond donors (Lipinski definition) is 0. The second-order valence-electron chi connectivity index (χ2n) is 8.91. The maximum absolute atomic E-state index is 13.2. The minimum absolute atomic E-state index is 0.0308. The maximum atomic E-state index is 13.2. The Morgan fingerprint density at radius 2 is 1.94 bits per heavy atom. The van der Waals surface area contributed by atoms with Crippen molar-refractivity contribution in [2.24, 2.45) is 5.92 Å². The van der Waals surface area contributed by atoms with Crippen molar-refractivity contribution >= 4 is 34.2 Å². The van der Waals surface area contributed by atoms with Gasteiger partial charge < -0.3 is 15.0 Å². The van der Waals surface area contributed by atoms with Gasteiger partial charge in [0.15, 0.2) is 0 Å². The van der Waals surface area contributed by atoms with Crippen LogP contribution in [-0.4, -0.2) is 52.9 Å².